The summed E-state index contributed by atoms with van der Waals surface area (Å²) >= 11 is 0. The molecule has 10 nitrogen and oxygen atoms in total. The van der Waals surface area contributed by atoms with Crippen molar-refractivity contribution in [2.24, 2.45) is 0 Å². The standard InChI is InChI=1S/C20H15FN6O4S/c1-10-19(28)26-15-7-13(3-5-17(15)32(10,29)30)24-18-14(21)9-22-20(27-18)25-12-2-4-16-11(6-12)8-23-31-16/h2-10H,1H3,(H,26,28)(H2,22,24,25,27). The molecule has 3 heterocycles. The van der Waals surface area contributed by atoms with Gasteiger partial charge in [0.2, 0.25) is 11.9 Å². The molecule has 2 aromatic heterocycles. The molecule has 1 amide bonds. The highest BCUT2D eigenvalue weighted by Crippen LogP contribution is 2.33. The van der Waals surface area contributed by atoms with E-state index in [-0.39, 0.29) is 22.3 Å². The van der Waals surface area contributed by atoms with Gasteiger partial charge in [0.1, 0.15) is 5.25 Å². The first-order valence-electron chi connectivity index (χ1n) is 9.41. The summed E-state index contributed by atoms with van der Waals surface area (Å²) in [6.07, 6.45) is 2.57. The molecule has 0 saturated heterocycles. The molecule has 0 radical (unpaired) electrons. The lowest BCUT2D eigenvalue weighted by Crippen LogP contribution is -2.37. The molecule has 2 aromatic carbocycles. The Morgan fingerprint density at radius 3 is 2.72 bits per heavy atom. The number of fused-ring (bicyclic) bond motifs is 2. The molecule has 12 heteroatoms. The molecule has 1 aliphatic heterocycles. The summed E-state index contributed by atoms with van der Waals surface area (Å²) in [7, 11) is -3.78. The van der Waals surface area contributed by atoms with Crippen LogP contribution in [-0.4, -0.2) is 34.7 Å². The first kappa shape index (κ1) is 19.9. The van der Waals surface area contributed by atoms with E-state index in [1.54, 1.807) is 24.4 Å². The van der Waals surface area contributed by atoms with Crippen LogP contribution < -0.4 is 16.0 Å². The SMILES string of the molecule is CC1C(=O)Nc2cc(Nc3nc(Nc4ccc5oncc5c4)ncc3F)ccc2S1(=O)=O. The lowest BCUT2D eigenvalue weighted by molar-refractivity contribution is -0.115. The lowest BCUT2D eigenvalue weighted by Gasteiger charge is -2.22. The predicted molar refractivity (Wildman–Crippen MR) is 114 cm³/mol. The zero-order valence-electron chi connectivity index (χ0n) is 16.5. The predicted octanol–water partition coefficient (Wildman–Crippen LogP) is 3.36. The van der Waals surface area contributed by atoms with Crippen LogP contribution in [0.3, 0.4) is 0 Å². The van der Waals surface area contributed by atoms with Gasteiger partial charge in [-0.3, -0.25) is 4.79 Å². The van der Waals surface area contributed by atoms with Gasteiger partial charge in [-0.25, -0.2) is 17.8 Å². The number of anilines is 5. The monoisotopic (exact) mass is 454 g/mol. The van der Waals surface area contributed by atoms with Crippen LogP contribution in [0.2, 0.25) is 0 Å². The van der Waals surface area contributed by atoms with Gasteiger partial charge >= 0.3 is 0 Å². The highest BCUT2D eigenvalue weighted by molar-refractivity contribution is 7.93. The Balaban J connectivity index is 1.42. The molecule has 0 fully saturated rings. The molecule has 5 rings (SSSR count). The van der Waals surface area contributed by atoms with Crippen LogP contribution in [0, 0.1) is 5.82 Å². The Labute approximate surface area is 180 Å². The molecule has 162 valence electrons. The fraction of sp³-hybridized carbons (Fsp3) is 0.100. The van der Waals surface area contributed by atoms with Crippen molar-refractivity contribution in [2.75, 3.05) is 16.0 Å². The maximum absolute atomic E-state index is 14.3. The van der Waals surface area contributed by atoms with Gasteiger partial charge in [-0.1, -0.05) is 5.16 Å². The van der Waals surface area contributed by atoms with E-state index in [4.69, 9.17) is 4.52 Å². The van der Waals surface area contributed by atoms with Crippen molar-refractivity contribution in [3.05, 3.63) is 54.6 Å². The normalized spacial score (nSPS) is 16.9. The Kier molecular flexibility index (Phi) is 4.51. The Bertz CT molecular complexity index is 1490. The minimum absolute atomic E-state index is 0.00444. The maximum atomic E-state index is 14.3. The number of amides is 1. The van der Waals surface area contributed by atoms with Gasteiger partial charge in [0.05, 0.1) is 23.0 Å². The number of nitrogens with one attached hydrogen (secondary N) is 3. The first-order valence-corrected chi connectivity index (χ1v) is 11.0. The van der Waals surface area contributed by atoms with Crippen LogP contribution in [0.25, 0.3) is 11.0 Å². The highest BCUT2D eigenvalue weighted by Gasteiger charge is 2.36. The number of hydrogen-bond donors (Lipinski definition) is 3. The van der Waals surface area contributed by atoms with Crippen LogP contribution >= 0.6 is 0 Å². The Morgan fingerprint density at radius 1 is 1.09 bits per heavy atom. The summed E-state index contributed by atoms with van der Waals surface area (Å²) < 4.78 is 44.3. The molecule has 4 aromatic rings. The molecule has 1 unspecified atom stereocenters. The number of aromatic nitrogens is 3. The van der Waals surface area contributed by atoms with Crippen LogP contribution in [0.4, 0.5) is 33.2 Å². The highest BCUT2D eigenvalue weighted by atomic mass is 32.2. The van der Waals surface area contributed by atoms with Gasteiger partial charge in [-0.15, -0.1) is 0 Å². The summed E-state index contributed by atoms with van der Waals surface area (Å²) in [6, 6.07) is 9.47. The minimum Gasteiger partial charge on any atom is -0.356 e. The van der Waals surface area contributed by atoms with E-state index >= 15 is 0 Å². The van der Waals surface area contributed by atoms with Gasteiger partial charge in [-0.05, 0) is 43.3 Å². The van der Waals surface area contributed by atoms with Crippen LogP contribution in [0.5, 0.6) is 0 Å². The third-order valence-electron chi connectivity index (χ3n) is 4.99. The molecule has 0 spiro atoms. The average molecular weight is 454 g/mol. The molecule has 3 N–H and O–H groups in total. The zero-order chi connectivity index (χ0) is 22.5. The van der Waals surface area contributed by atoms with Gasteiger partial charge < -0.3 is 20.5 Å². The van der Waals surface area contributed by atoms with E-state index in [2.05, 4.69) is 31.1 Å². The lowest BCUT2D eigenvalue weighted by atomic mass is 10.2. The molecule has 32 heavy (non-hydrogen) atoms. The van der Waals surface area contributed by atoms with E-state index in [1.807, 2.05) is 0 Å². The number of benzene rings is 2. The number of nitrogens with zero attached hydrogens (tertiary/aromatic N) is 3. The quantitative estimate of drug-likeness (QED) is 0.423. The summed E-state index contributed by atoms with van der Waals surface area (Å²) in [6.45, 7) is 1.32. The van der Waals surface area contributed by atoms with E-state index in [0.29, 0.717) is 17.0 Å². The third kappa shape index (κ3) is 3.39. The Hall–Kier alpha value is -4.06. The van der Waals surface area contributed by atoms with Crippen molar-refractivity contribution in [1.82, 2.24) is 15.1 Å². The number of sulfone groups is 1. The van der Waals surface area contributed by atoms with Crippen molar-refractivity contribution >= 4 is 55.5 Å². The first-order chi connectivity index (χ1) is 15.3. The summed E-state index contributed by atoms with van der Waals surface area (Å²) in [4.78, 5) is 20.1. The van der Waals surface area contributed by atoms with Gasteiger partial charge in [0.15, 0.2) is 27.1 Å². The molecular weight excluding hydrogens is 439 g/mol. The topological polar surface area (TPSA) is 139 Å². The zero-order valence-corrected chi connectivity index (χ0v) is 17.3. The van der Waals surface area contributed by atoms with E-state index < -0.39 is 26.8 Å². The number of rotatable bonds is 4. The number of halogens is 1. The van der Waals surface area contributed by atoms with Crippen molar-refractivity contribution in [2.45, 2.75) is 17.1 Å². The Morgan fingerprint density at radius 2 is 1.88 bits per heavy atom. The number of carbonyl (C=O) groups is 1. The summed E-state index contributed by atoms with van der Waals surface area (Å²) in [5.74, 6) is -1.34. The molecule has 0 aliphatic carbocycles. The van der Waals surface area contributed by atoms with Crippen LogP contribution in [-0.2, 0) is 14.6 Å². The molecule has 0 saturated carbocycles. The second-order valence-electron chi connectivity index (χ2n) is 7.11. The number of hydrogen-bond acceptors (Lipinski definition) is 9. The van der Waals surface area contributed by atoms with Crippen LogP contribution in [0.1, 0.15) is 6.92 Å². The fourth-order valence-electron chi connectivity index (χ4n) is 3.25. The largest absolute Gasteiger partial charge is 0.356 e. The van der Waals surface area contributed by atoms with Crippen LogP contribution in [0.15, 0.2) is 58.2 Å². The molecule has 1 atom stereocenters. The molecular formula is C20H15FN6O4S. The van der Waals surface area contributed by atoms with Gasteiger partial charge in [0, 0.05) is 16.8 Å². The van der Waals surface area contributed by atoms with Gasteiger partial charge in [0.25, 0.3) is 0 Å². The molecule has 0 bridgehead atoms. The summed E-state index contributed by atoms with van der Waals surface area (Å²) in [5.41, 5.74) is 1.72. The van der Waals surface area contributed by atoms with Crippen molar-refractivity contribution in [3.63, 3.8) is 0 Å². The smallest absolute Gasteiger partial charge is 0.242 e. The van der Waals surface area contributed by atoms with Crippen molar-refractivity contribution in [3.8, 4) is 0 Å². The summed E-state index contributed by atoms with van der Waals surface area (Å²) in [5, 5.41) is 11.6. The van der Waals surface area contributed by atoms with Crippen molar-refractivity contribution < 1.29 is 22.1 Å². The van der Waals surface area contributed by atoms with Crippen molar-refractivity contribution in [1.29, 1.82) is 0 Å². The maximum Gasteiger partial charge on any atom is 0.242 e. The van der Waals surface area contributed by atoms with E-state index in [0.717, 1.165) is 11.6 Å². The van der Waals surface area contributed by atoms with E-state index in [1.165, 1.54) is 25.1 Å². The number of carbonyl (C=O) groups excluding carboxylic acids is 1. The second-order valence-corrected chi connectivity index (χ2v) is 9.34. The van der Waals surface area contributed by atoms with Gasteiger partial charge in [-0.2, -0.15) is 4.98 Å². The minimum atomic E-state index is -3.78. The average Bonchev–Trinajstić information content (AvgIpc) is 3.22. The molecule has 1 aliphatic rings. The third-order valence-corrected chi connectivity index (χ3v) is 7.11. The van der Waals surface area contributed by atoms with E-state index in [9.17, 15) is 17.6 Å². The second kappa shape index (κ2) is 7.27. The fourth-order valence-corrected chi connectivity index (χ4v) is 4.65.